The number of piperidine rings is 1. The smallest absolute Gasteiger partial charge is 0.422 e. The molecule has 218 valence electrons. The summed E-state index contributed by atoms with van der Waals surface area (Å²) in [6.07, 6.45) is -5.99. The lowest BCUT2D eigenvalue weighted by molar-refractivity contribution is -0.154. The zero-order valence-electron chi connectivity index (χ0n) is 20.9. The van der Waals surface area contributed by atoms with Gasteiger partial charge < -0.3 is 15.4 Å². The Kier molecular flexibility index (Phi) is 8.38. The van der Waals surface area contributed by atoms with Gasteiger partial charge in [0, 0.05) is 37.6 Å². The van der Waals surface area contributed by atoms with E-state index in [1.54, 1.807) is 0 Å². The van der Waals surface area contributed by atoms with E-state index < -0.39 is 40.6 Å². The highest BCUT2D eigenvalue weighted by Crippen LogP contribution is 2.31. The largest absolute Gasteiger partial charge is 0.454 e. The molecule has 1 aromatic carbocycles. The average molecular weight is 595 g/mol. The molecule has 2 aromatic heterocycles. The fourth-order valence-electron chi connectivity index (χ4n) is 3.81. The molecule has 0 unspecified atom stereocenters. The van der Waals surface area contributed by atoms with Crippen LogP contribution in [0.5, 0.6) is 6.01 Å². The molecule has 3 heterocycles. The van der Waals surface area contributed by atoms with Gasteiger partial charge in [0.2, 0.25) is 21.9 Å². The number of aromatic nitrogens is 5. The molecular weight excluding hydrogens is 570 g/mol. The standard InChI is InChI=1S/C22H24F6N8O3S/c1-2-35-12-17(11-29-35)40(37,38)36-8-6-15(7-9-36)30-18-32-19(34-20(33-18)39-13-21(23,24)25)31-16-5-3-4-14(10-16)22(26,27)28/h3-5,10-12,15H,2,6-9,13H2,1H3,(H2,30,31,32,33,34). The first kappa shape index (κ1) is 29.3. The lowest BCUT2D eigenvalue weighted by Crippen LogP contribution is -2.42. The van der Waals surface area contributed by atoms with Gasteiger partial charge in [-0.25, -0.2) is 8.42 Å². The number of sulfonamides is 1. The highest BCUT2D eigenvalue weighted by Gasteiger charge is 2.32. The Morgan fingerprint density at radius 2 is 1.75 bits per heavy atom. The molecule has 1 aliphatic rings. The number of halogens is 6. The zero-order chi connectivity index (χ0) is 29.1. The van der Waals surface area contributed by atoms with Crippen molar-refractivity contribution in [1.82, 2.24) is 29.0 Å². The van der Waals surface area contributed by atoms with Crippen molar-refractivity contribution in [1.29, 1.82) is 0 Å². The number of hydrogen-bond donors (Lipinski definition) is 2. The maximum absolute atomic E-state index is 13.1. The maximum atomic E-state index is 13.1. The van der Waals surface area contributed by atoms with Crippen molar-refractivity contribution < 1.29 is 39.5 Å². The van der Waals surface area contributed by atoms with Crippen LogP contribution in [-0.4, -0.2) is 69.4 Å². The van der Waals surface area contributed by atoms with Gasteiger partial charge in [0.1, 0.15) is 4.90 Å². The predicted molar refractivity (Wildman–Crippen MR) is 129 cm³/mol. The molecule has 11 nitrogen and oxygen atoms in total. The van der Waals surface area contributed by atoms with Crippen LogP contribution in [-0.2, 0) is 22.7 Å². The highest BCUT2D eigenvalue weighted by atomic mass is 32.2. The molecule has 0 aliphatic carbocycles. The van der Waals surface area contributed by atoms with Crippen molar-refractivity contribution in [3.8, 4) is 6.01 Å². The van der Waals surface area contributed by atoms with Crippen LogP contribution in [0.3, 0.4) is 0 Å². The first-order valence-electron chi connectivity index (χ1n) is 11.9. The number of anilines is 3. The van der Waals surface area contributed by atoms with E-state index in [1.165, 1.54) is 27.4 Å². The molecule has 18 heteroatoms. The summed E-state index contributed by atoms with van der Waals surface area (Å²) in [6.45, 7) is 0.892. The third-order valence-electron chi connectivity index (χ3n) is 5.78. The lowest BCUT2D eigenvalue weighted by atomic mass is 10.1. The molecule has 0 spiro atoms. The summed E-state index contributed by atoms with van der Waals surface area (Å²) in [6, 6.07) is 2.99. The van der Waals surface area contributed by atoms with E-state index in [4.69, 9.17) is 0 Å². The molecule has 0 saturated carbocycles. The third-order valence-corrected chi connectivity index (χ3v) is 7.64. The molecule has 0 bridgehead atoms. The predicted octanol–water partition coefficient (Wildman–Crippen LogP) is 4.06. The topological polar surface area (TPSA) is 127 Å². The van der Waals surface area contributed by atoms with Gasteiger partial charge in [-0.15, -0.1) is 0 Å². The molecular formula is C22H24F6N8O3S. The number of nitrogens with one attached hydrogen (secondary N) is 2. The summed E-state index contributed by atoms with van der Waals surface area (Å²) in [5.41, 5.74) is -1.03. The molecule has 1 aliphatic heterocycles. The number of ether oxygens (including phenoxy) is 1. The number of rotatable bonds is 9. The molecule has 1 saturated heterocycles. The Balaban J connectivity index is 1.48. The summed E-state index contributed by atoms with van der Waals surface area (Å²) in [4.78, 5) is 11.7. The van der Waals surface area contributed by atoms with Crippen LogP contribution in [0.25, 0.3) is 0 Å². The van der Waals surface area contributed by atoms with Crippen LogP contribution in [0, 0.1) is 0 Å². The van der Waals surface area contributed by atoms with E-state index in [1.807, 2.05) is 6.92 Å². The molecule has 0 atom stereocenters. The van der Waals surface area contributed by atoms with Gasteiger partial charge in [0.15, 0.2) is 6.61 Å². The summed E-state index contributed by atoms with van der Waals surface area (Å²) >= 11 is 0. The van der Waals surface area contributed by atoms with Crippen LogP contribution >= 0.6 is 0 Å². The highest BCUT2D eigenvalue weighted by molar-refractivity contribution is 7.89. The van der Waals surface area contributed by atoms with E-state index in [9.17, 15) is 34.8 Å². The zero-order valence-corrected chi connectivity index (χ0v) is 21.7. The fraction of sp³-hybridized carbons (Fsp3) is 0.455. The third kappa shape index (κ3) is 7.50. The average Bonchev–Trinajstić information content (AvgIpc) is 3.38. The number of alkyl halides is 6. The van der Waals surface area contributed by atoms with Crippen molar-refractivity contribution in [3.63, 3.8) is 0 Å². The number of aryl methyl sites for hydroxylation is 1. The van der Waals surface area contributed by atoms with E-state index >= 15 is 0 Å². The fourth-order valence-corrected chi connectivity index (χ4v) is 5.24. The van der Waals surface area contributed by atoms with Gasteiger partial charge in [-0.1, -0.05) is 6.07 Å². The van der Waals surface area contributed by atoms with Crippen LogP contribution in [0.15, 0.2) is 41.6 Å². The molecule has 2 N–H and O–H groups in total. The maximum Gasteiger partial charge on any atom is 0.422 e. The van der Waals surface area contributed by atoms with Gasteiger partial charge >= 0.3 is 18.4 Å². The number of hydrogen-bond acceptors (Lipinski definition) is 9. The van der Waals surface area contributed by atoms with Crippen molar-refractivity contribution in [2.24, 2.45) is 0 Å². The molecule has 4 rings (SSSR count). The summed E-state index contributed by atoms with van der Waals surface area (Å²) in [5, 5.41) is 9.44. The summed E-state index contributed by atoms with van der Waals surface area (Å²) in [7, 11) is -3.77. The van der Waals surface area contributed by atoms with Gasteiger partial charge in [0.25, 0.3) is 0 Å². The summed E-state index contributed by atoms with van der Waals surface area (Å²) < 4.78 is 111. The molecule has 40 heavy (non-hydrogen) atoms. The van der Waals surface area contributed by atoms with Crippen LogP contribution in [0.1, 0.15) is 25.3 Å². The minimum Gasteiger partial charge on any atom is -0.454 e. The van der Waals surface area contributed by atoms with Crippen molar-refractivity contribution in [3.05, 3.63) is 42.2 Å². The van der Waals surface area contributed by atoms with Crippen molar-refractivity contribution in [2.75, 3.05) is 30.3 Å². The van der Waals surface area contributed by atoms with Crippen molar-refractivity contribution >= 4 is 27.6 Å². The Morgan fingerprint density at radius 1 is 1.05 bits per heavy atom. The second kappa shape index (κ2) is 11.4. The summed E-state index contributed by atoms with van der Waals surface area (Å²) in [5.74, 6) is -0.561. The molecule has 0 amide bonds. The van der Waals surface area contributed by atoms with Gasteiger partial charge in [-0.2, -0.15) is 50.7 Å². The monoisotopic (exact) mass is 594 g/mol. The first-order valence-corrected chi connectivity index (χ1v) is 13.4. The second-order valence-corrected chi connectivity index (χ2v) is 10.7. The van der Waals surface area contributed by atoms with Crippen molar-refractivity contribution in [2.45, 2.75) is 49.6 Å². The number of nitrogens with zero attached hydrogens (tertiary/aromatic N) is 6. The number of benzene rings is 1. The molecule has 1 fully saturated rings. The molecule has 0 radical (unpaired) electrons. The normalized spacial score (nSPS) is 15.7. The minimum atomic E-state index is -4.69. The SMILES string of the molecule is CCn1cc(S(=O)(=O)N2CCC(Nc3nc(Nc4cccc(C(F)(F)F)c4)nc(OCC(F)(F)F)n3)CC2)cn1. The lowest BCUT2D eigenvalue weighted by Gasteiger charge is -2.31. The Hall–Kier alpha value is -3.67. The Labute approximate surface area is 224 Å². The Bertz CT molecular complexity index is 1420. The second-order valence-electron chi connectivity index (χ2n) is 8.73. The molecule has 3 aromatic rings. The van der Waals surface area contributed by atoms with Crippen LogP contribution in [0.2, 0.25) is 0 Å². The van der Waals surface area contributed by atoms with Gasteiger partial charge in [-0.3, -0.25) is 4.68 Å². The van der Waals surface area contributed by atoms with E-state index in [0.717, 1.165) is 18.2 Å². The minimum absolute atomic E-state index is 0.0648. The van der Waals surface area contributed by atoms with Crippen LogP contribution < -0.4 is 15.4 Å². The van der Waals surface area contributed by atoms with Crippen LogP contribution in [0.4, 0.5) is 43.9 Å². The van der Waals surface area contributed by atoms with E-state index in [-0.39, 0.29) is 41.6 Å². The van der Waals surface area contributed by atoms with E-state index in [0.29, 0.717) is 19.4 Å². The Morgan fingerprint density at radius 3 is 2.38 bits per heavy atom. The quantitative estimate of drug-likeness (QED) is 0.353. The van der Waals surface area contributed by atoms with Gasteiger partial charge in [-0.05, 0) is 38.0 Å². The van der Waals surface area contributed by atoms with Gasteiger partial charge in [0.05, 0.1) is 11.8 Å². The van der Waals surface area contributed by atoms with E-state index in [2.05, 4.69) is 35.4 Å². The first-order chi connectivity index (χ1) is 18.7.